The second-order valence-electron chi connectivity index (χ2n) is 3.44. The van der Waals surface area contributed by atoms with E-state index in [2.05, 4.69) is 11.9 Å². The van der Waals surface area contributed by atoms with Crippen molar-refractivity contribution < 1.29 is 19.6 Å². The molecule has 0 aliphatic rings. The molecule has 0 bridgehead atoms. The Kier molecular flexibility index (Phi) is 4.14. The van der Waals surface area contributed by atoms with Crippen LogP contribution < -0.4 is 5.32 Å². The summed E-state index contributed by atoms with van der Waals surface area (Å²) in [6.07, 6.45) is -0.485. The molecule has 1 aromatic carbocycles. The molecule has 0 saturated heterocycles. The molecule has 0 fully saturated rings. The van der Waals surface area contributed by atoms with Crippen LogP contribution in [0.25, 0.3) is 0 Å². The molecule has 1 aromatic rings. The Balaban J connectivity index is 2.76. The number of carboxylic acid groups (broad SMARTS) is 1. The fourth-order valence-corrected chi connectivity index (χ4v) is 1.18. The predicted molar refractivity (Wildman–Crippen MR) is 63.1 cm³/mol. The summed E-state index contributed by atoms with van der Waals surface area (Å²) in [6.45, 7) is 3.32. The lowest BCUT2D eigenvalue weighted by molar-refractivity contribution is -0.384. The van der Waals surface area contributed by atoms with Crippen LogP contribution >= 0.6 is 0 Å². The van der Waals surface area contributed by atoms with Gasteiger partial charge in [0.05, 0.1) is 11.3 Å². The molecule has 2 N–H and O–H groups in total. The number of benzene rings is 1. The molecule has 0 saturated carbocycles. The zero-order chi connectivity index (χ0) is 13.7. The summed E-state index contributed by atoms with van der Waals surface area (Å²) in [4.78, 5) is 31.8. The molecule has 0 aromatic heterocycles. The minimum Gasteiger partial charge on any atom is -0.481 e. The Morgan fingerprint density at radius 2 is 2.11 bits per heavy atom. The average molecular weight is 250 g/mol. The smallest absolute Gasteiger partial charge is 0.308 e. The van der Waals surface area contributed by atoms with Gasteiger partial charge < -0.3 is 10.4 Å². The third-order valence-corrected chi connectivity index (χ3v) is 2.00. The third-order valence-electron chi connectivity index (χ3n) is 2.00. The van der Waals surface area contributed by atoms with E-state index >= 15 is 0 Å². The van der Waals surface area contributed by atoms with Crippen molar-refractivity contribution in [1.29, 1.82) is 0 Å². The number of non-ortho nitro benzene ring substituents is 1. The first kappa shape index (κ1) is 13.4. The van der Waals surface area contributed by atoms with Gasteiger partial charge in [-0.05, 0) is 6.07 Å². The molecular formula is C11H10N2O5. The van der Waals surface area contributed by atoms with Gasteiger partial charge in [-0.1, -0.05) is 12.6 Å². The number of amides is 1. The van der Waals surface area contributed by atoms with Crippen LogP contribution in [0.5, 0.6) is 0 Å². The summed E-state index contributed by atoms with van der Waals surface area (Å²) in [7, 11) is 0. The average Bonchev–Trinajstić information content (AvgIpc) is 2.28. The highest BCUT2D eigenvalue weighted by molar-refractivity contribution is 6.05. The van der Waals surface area contributed by atoms with E-state index in [9.17, 15) is 19.7 Å². The summed E-state index contributed by atoms with van der Waals surface area (Å²) in [5.41, 5.74) is -0.0913. The van der Waals surface area contributed by atoms with Gasteiger partial charge in [-0.3, -0.25) is 19.7 Å². The van der Waals surface area contributed by atoms with Crippen LogP contribution in [0.3, 0.4) is 0 Å². The quantitative estimate of drug-likeness (QED) is 0.468. The number of carboxylic acids is 1. The fourth-order valence-electron chi connectivity index (χ4n) is 1.18. The van der Waals surface area contributed by atoms with Gasteiger partial charge in [0.25, 0.3) is 11.6 Å². The highest BCUT2D eigenvalue weighted by Gasteiger charge is 2.12. The van der Waals surface area contributed by atoms with Crippen molar-refractivity contribution in [3.8, 4) is 0 Å². The summed E-state index contributed by atoms with van der Waals surface area (Å²) in [5, 5.41) is 21.3. The lowest BCUT2D eigenvalue weighted by Crippen LogP contribution is -2.16. The van der Waals surface area contributed by atoms with Gasteiger partial charge in [0.1, 0.15) is 0 Å². The van der Waals surface area contributed by atoms with Gasteiger partial charge in [-0.15, -0.1) is 0 Å². The molecule has 0 spiro atoms. The summed E-state index contributed by atoms with van der Waals surface area (Å²) >= 11 is 0. The van der Waals surface area contributed by atoms with Crippen LogP contribution in [0.4, 0.5) is 11.4 Å². The first-order valence-electron chi connectivity index (χ1n) is 4.85. The van der Waals surface area contributed by atoms with E-state index in [0.29, 0.717) is 0 Å². The Morgan fingerprint density at radius 1 is 1.44 bits per heavy atom. The van der Waals surface area contributed by atoms with Crippen molar-refractivity contribution in [2.75, 3.05) is 5.32 Å². The summed E-state index contributed by atoms with van der Waals surface area (Å²) < 4.78 is 0. The molecule has 94 valence electrons. The minimum atomic E-state index is -1.17. The maximum atomic E-state index is 11.5. The fraction of sp³-hybridized carbons (Fsp3) is 0.0909. The van der Waals surface area contributed by atoms with E-state index in [1.54, 1.807) is 0 Å². The molecular weight excluding hydrogens is 240 g/mol. The van der Waals surface area contributed by atoms with Crippen LogP contribution in [0.1, 0.15) is 6.42 Å². The van der Waals surface area contributed by atoms with E-state index in [-0.39, 0.29) is 16.9 Å². The van der Waals surface area contributed by atoms with E-state index in [1.807, 2.05) is 0 Å². The van der Waals surface area contributed by atoms with Crippen LogP contribution in [-0.2, 0) is 9.59 Å². The second-order valence-corrected chi connectivity index (χ2v) is 3.44. The summed E-state index contributed by atoms with van der Waals surface area (Å²) in [6, 6.07) is 5.32. The molecule has 0 atom stereocenters. The largest absolute Gasteiger partial charge is 0.481 e. The normalized spacial score (nSPS) is 9.56. The van der Waals surface area contributed by atoms with Crippen LogP contribution in [-0.4, -0.2) is 21.9 Å². The highest BCUT2D eigenvalue weighted by Crippen LogP contribution is 2.17. The van der Waals surface area contributed by atoms with Gasteiger partial charge >= 0.3 is 5.97 Å². The molecule has 7 nitrogen and oxygen atoms in total. The standard InChI is InChI=1S/C11H10N2O5/c1-7(5-10(14)15)11(16)12-8-3-2-4-9(6-8)13(17)18/h2-4,6H,1,5H2,(H,12,16)(H,14,15). The molecule has 0 aliphatic carbocycles. The first-order valence-corrected chi connectivity index (χ1v) is 4.85. The number of anilines is 1. The number of nitro benzene ring substituents is 1. The molecule has 0 heterocycles. The van der Waals surface area contributed by atoms with Crippen molar-refractivity contribution in [2.24, 2.45) is 0 Å². The van der Waals surface area contributed by atoms with Crippen molar-refractivity contribution >= 4 is 23.3 Å². The van der Waals surface area contributed by atoms with Gasteiger partial charge in [0, 0.05) is 23.4 Å². The van der Waals surface area contributed by atoms with Crippen molar-refractivity contribution in [3.63, 3.8) is 0 Å². The number of nitrogens with one attached hydrogen (secondary N) is 1. The molecule has 0 unspecified atom stereocenters. The van der Waals surface area contributed by atoms with E-state index in [1.165, 1.54) is 24.3 Å². The second kappa shape index (κ2) is 5.58. The maximum absolute atomic E-state index is 11.5. The van der Waals surface area contributed by atoms with Gasteiger partial charge in [0.2, 0.25) is 0 Å². The van der Waals surface area contributed by atoms with Crippen molar-refractivity contribution in [2.45, 2.75) is 6.42 Å². The number of carbonyl (C=O) groups is 2. The molecule has 1 amide bonds. The molecule has 0 radical (unpaired) electrons. The van der Waals surface area contributed by atoms with Crippen molar-refractivity contribution in [1.82, 2.24) is 0 Å². The number of aliphatic carboxylic acids is 1. The number of hydrogen-bond donors (Lipinski definition) is 2. The zero-order valence-electron chi connectivity index (χ0n) is 9.25. The molecule has 1 rings (SSSR count). The van der Waals surface area contributed by atoms with E-state index in [0.717, 1.165) is 0 Å². The number of nitrogens with zero attached hydrogens (tertiary/aromatic N) is 1. The Labute approximate surface area is 102 Å². The minimum absolute atomic E-state index is 0.131. The zero-order valence-corrected chi connectivity index (χ0v) is 9.25. The number of hydrogen-bond acceptors (Lipinski definition) is 4. The maximum Gasteiger partial charge on any atom is 0.308 e. The van der Waals surface area contributed by atoms with Crippen LogP contribution in [0, 0.1) is 10.1 Å². The molecule has 7 heteroatoms. The van der Waals surface area contributed by atoms with Crippen LogP contribution in [0.15, 0.2) is 36.4 Å². The lowest BCUT2D eigenvalue weighted by atomic mass is 10.2. The van der Waals surface area contributed by atoms with E-state index < -0.39 is 23.2 Å². The van der Waals surface area contributed by atoms with Crippen molar-refractivity contribution in [3.05, 3.63) is 46.5 Å². The van der Waals surface area contributed by atoms with Crippen LogP contribution in [0.2, 0.25) is 0 Å². The van der Waals surface area contributed by atoms with Gasteiger partial charge in [-0.2, -0.15) is 0 Å². The first-order chi connectivity index (χ1) is 8.40. The number of carbonyl (C=O) groups excluding carboxylic acids is 1. The third kappa shape index (κ3) is 3.71. The topological polar surface area (TPSA) is 110 Å². The Morgan fingerprint density at radius 3 is 2.67 bits per heavy atom. The van der Waals surface area contributed by atoms with Gasteiger partial charge in [0.15, 0.2) is 0 Å². The number of rotatable bonds is 5. The Bertz CT molecular complexity index is 524. The number of nitro groups is 1. The van der Waals surface area contributed by atoms with E-state index in [4.69, 9.17) is 5.11 Å². The molecule has 18 heavy (non-hydrogen) atoms. The monoisotopic (exact) mass is 250 g/mol. The highest BCUT2D eigenvalue weighted by atomic mass is 16.6. The Hall–Kier alpha value is -2.70. The lowest BCUT2D eigenvalue weighted by Gasteiger charge is -2.05. The summed E-state index contributed by atoms with van der Waals surface area (Å²) in [5.74, 6) is -1.85. The predicted octanol–water partition coefficient (Wildman–Crippen LogP) is 1.56. The molecule has 0 aliphatic heterocycles. The van der Waals surface area contributed by atoms with Gasteiger partial charge in [-0.25, -0.2) is 0 Å². The SMILES string of the molecule is C=C(CC(=O)O)C(=O)Nc1cccc([N+](=O)[O-])c1.